The van der Waals surface area contributed by atoms with Crippen molar-refractivity contribution in [1.29, 1.82) is 0 Å². The molecule has 1 aromatic heterocycles. The summed E-state index contributed by atoms with van der Waals surface area (Å²) in [6, 6.07) is 7.45. The van der Waals surface area contributed by atoms with Gasteiger partial charge in [-0.3, -0.25) is 4.98 Å². The summed E-state index contributed by atoms with van der Waals surface area (Å²) in [7, 11) is 0. The lowest BCUT2D eigenvalue weighted by molar-refractivity contribution is 1.40. The van der Waals surface area contributed by atoms with Crippen LogP contribution in [0.25, 0.3) is 10.9 Å². The van der Waals surface area contributed by atoms with Crippen LogP contribution in [0, 0.1) is 24.7 Å². The number of hydrogen-bond donors (Lipinski definition) is 0. The van der Waals surface area contributed by atoms with Crippen molar-refractivity contribution >= 4 is 10.9 Å². The third-order valence-corrected chi connectivity index (χ3v) is 2.08. The van der Waals surface area contributed by atoms with Gasteiger partial charge in [-0.25, -0.2) is 0 Å². The lowest BCUT2D eigenvalue weighted by atomic mass is 10.0. The third-order valence-electron chi connectivity index (χ3n) is 2.08. The highest BCUT2D eigenvalue weighted by Gasteiger charge is 2.02. The van der Waals surface area contributed by atoms with Crippen molar-refractivity contribution < 1.29 is 0 Å². The molecule has 0 radical (unpaired) electrons. The average molecular weight is 177 g/mol. The molecule has 1 heterocycles. The molecule has 0 unspecified atom stereocenters. The van der Waals surface area contributed by atoms with Crippen molar-refractivity contribution in [2.75, 3.05) is 0 Å². The molecule has 0 atom stereocenters. The van der Waals surface area contributed by atoms with Crippen LogP contribution in [-0.2, 0) is 0 Å². The molecule has 64 valence electrons. The molecule has 0 aliphatic rings. The second-order valence-corrected chi connectivity index (χ2v) is 2.85. The third kappa shape index (κ3) is 1.13. The molecular formula is C13H7N. The molecule has 14 heavy (non-hydrogen) atoms. The van der Waals surface area contributed by atoms with E-state index in [2.05, 4.69) is 16.8 Å². The van der Waals surface area contributed by atoms with E-state index < -0.39 is 0 Å². The van der Waals surface area contributed by atoms with E-state index in [-0.39, 0.29) is 0 Å². The van der Waals surface area contributed by atoms with Crippen molar-refractivity contribution in [3.8, 4) is 24.7 Å². The van der Waals surface area contributed by atoms with Crippen LogP contribution in [0.3, 0.4) is 0 Å². The zero-order chi connectivity index (χ0) is 9.97. The van der Waals surface area contributed by atoms with Crippen LogP contribution < -0.4 is 0 Å². The molecule has 0 N–H and O–H groups in total. The molecule has 0 saturated heterocycles. The summed E-state index contributed by atoms with van der Waals surface area (Å²) >= 11 is 0. The Morgan fingerprint density at radius 2 is 1.71 bits per heavy atom. The molecule has 1 nitrogen and oxygen atoms in total. The fraction of sp³-hybridized carbons (Fsp3) is 0. The number of aromatic nitrogens is 1. The normalized spacial score (nSPS) is 9.29. The maximum atomic E-state index is 5.38. The van der Waals surface area contributed by atoms with E-state index in [1.807, 2.05) is 24.3 Å². The van der Waals surface area contributed by atoms with E-state index in [1.165, 1.54) is 0 Å². The lowest BCUT2D eigenvalue weighted by Crippen LogP contribution is -1.86. The highest BCUT2D eigenvalue weighted by Crippen LogP contribution is 2.19. The molecule has 0 bridgehead atoms. The Morgan fingerprint density at radius 3 is 2.43 bits per heavy atom. The first-order chi connectivity index (χ1) is 6.86. The lowest BCUT2D eigenvalue weighted by Gasteiger charge is -2.01. The Balaban J connectivity index is 2.96. The second kappa shape index (κ2) is 3.24. The predicted octanol–water partition coefficient (Wildman–Crippen LogP) is 2.20. The standard InChI is InChI=1S/C13H7N/c1-3-10-7-8-11(4-2)13-12(10)6-5-9-14-13/h1-2,5-9H. The first-order valence-electron chi connectivity index (χ1n) is 4.18. The molecule has 0 aliphatic heterocycles. The van der Waals surface area contributed by atoms with Gasteiger partial charge in [0.25, 0.3) is 0 Å². The van der Waals surface area contributed by atoms with Crippen LogP contribution in [0.4, 0.5) is 0 Å². The van der Waals surface area contributed by atoms with Gasteiger partial charge in [0, 0.05) is 17.1 Å². The summed E-state index contributed by atoms with van der Waals surface area (Å²) < 4.78 is 0. The Morgan fingerprint density at radius 1 is 1.00 bits per heavy atom. The molecule has 1 aromatic carbocycles. The van der Waals surface area contributed by atoms with Gasteiger partial charge < -0.3 is 0 Å². The highest BCUT2D eigenvalue weighted by atomic mass is 14.6. The van der Waals surface area contributed by atoms with Crippen LogP contribution >= 0.6 is 0 Å². The Hall–Kier alpha value is -2.25. The number of terminal acetylenes is 2. The summed E-state index contributed by atoms with van der Waals surface area (Å²) in [5, 5.41) is 0.936. The topological polar surface area (TPSA) is 12.9 Å². The fourth-order valence-electron chi connectivity index (χ4n) is 1.41. The number of rotatable bonds is 0. The van der Waals surface area contributed by atoms with Crippen molar-refractivity contribution in [1.82, 2.24) is 4.98 Å². The number of pyridine rings is 1. The van der Waals surface area contributed by atoms with Gasteiger partial charge in [-0.05, 0) is 24.3 Å². The van der Waals surface area contributed by atoms with Crippen molar-refractivity contribution in [3.63, 3.8) is 0 Å². The summed E-state index contributed by atoms with van der Waals surface area (Å²) in [5.74, 6) is 5.20. The SMILES string of the molecule is C#Cc1ccc(C#C)c2ncccc12. The van der Waals surface area contributed by atoms with Gasteiger partial charge in [0.05, 0.1) is 11.1 Å². The molecule has 0 aliphatic carbocycles. The van der Waals surface area contributed by atoms with Crippen LogP contribution in [-0.4, -0.2) is 4.98 Å². The van der Waals surface area contributed by atoms with Crippen molar-refractivity contribution in [2.24, 2.45) is 0 Å². The molecule has 1 heteroatoms. The maximum absolute atomic E-state index is 5.38. The molecule has 0 saturated carbocycles. The number of hydrogen-bond acceptors (Lipinski definition) is 1. The molecule has 2 rings (SSSR count). The minimum Gasteiger partial charge on any atom is -0.255 e. The van der Waals surface area contributed by atoms with Crippen LogP contribution in [0.1, 0.15) is 11.1 Å². The van der Waals surface area contributed by atoms with Gasteiger partial charge in [0.15, 0.2) is 0 Å². The summed E-state index contributed by atoms with van der Waals surface area (Å²) in [4.78, 5) is 4.22. The van der Waals surface area contributed by atoms with E-state index in [1.54, 1.807) is 6.20 Å². The summed E-state index contributed by atoms with van der Waals surface area (Å²) in [6.07, 6.45) is 12.5. The van der Waals surface area contributed by atoms with Crippen LogP contribution in [0.2, 0.25) is 0 Å². The zero-order valence-corrected chi connectivity index (χ0v) is 7.49. The van der Waals surface area contributed by atoms with E-state index in [0.717, 1.165) is 22.0 Å². The van der Waals surface area contributed by atoms with Gasteiger partial charge in [0.1, 0.15) is 0 Å². The zero-order valence-electron chi connectivity index (χ0n) is 7.49. The first kappa shape index (κ1) is 8.35. The minimum atomic E-state index is 0.777. The van der Waals surface area contributed by atoms with Crippen LogP contribution in [0.15, 0.2) is 30.5 Å². The Bertz CT molecular complexity index is 515. The molecule has 0 fully saturated rings. The second-order valence-electron chi connectivity index (χ2n) is 2.85. The number of nitrogens with zero attached hydrogens (tertiary/aromatic N) is 1. The Labute approximate surface area is 82.8 Å². The fourth-order valence-corrected chi connectivity index (χ4v) is 1.41. The van der Waals surface area contributed by atoms with Gasteiger partial charge in [0.2, 0.25) is 0 Å². The van der Waals surface area contributed by atoms with Gasteiger partial charge >= 0.3 is 0 Å². The van der Waals surface area contributed by atoms with E-state index in [9.17, 15) is 0 Å². The van der Waals surface area contributed by atoms with Gasteiger partial charge in [-0.15, -0.1) is 12.8 Å². The van der Waals surface area contributed by atoms with Gasteiger partial charge in [-0.2, -0.15) is 0 Å². The molecule has 0 amide bonds. The monoisotopic (exact) mass is 177 g/mol. The summed E-state index contributed by atoms with van der Waals surface area (Å²) in [6.45, 7) is 0. The smallest absolute Gasteiger partial charge is 0.0870 e. The predicted molar refractivity (Wildman–Crippen MR) is 57.6 cm³/mol. The quantitative estimate of drug-likeness (QED) is 0.562. The van der Waals surface area contributed by atoms with E-state index in [4.69, 9.17) is 12.8 Å². The molecule has 0 spiro atoms. The largest absolute Gasteiger partial charge is 0.255 e. The van der Waals surface area contributed by atoms with Crippen molar-refractivity contribution in [3.05, 3.63) is 41.6 Å². The maximum Gasteiger partial charge on any atom is 0.0870 e. The average Bonchev–Trinajstić information content (AvgIpc) is 2.27. The van der Waals surface area contributed by atoms with Crippen LogP contribution in [0.5, 0.6) is 0 Å². The summed E-state index contributed by atoms with van der Waals surface area (Å²) in [5.41, 5.74) is 2.40. The highest BCUT2D eigenvalue weighted by molar-refractivity contribution is 5.89. The molecule has 2 aromatic rings. The van der Waals surface area contributed by atoms with Crippen molar-refractivity contribution in [2.45, 2.75) is 0 Å². The minimum absolute atomic E-state index is 0.777. The van der Waals surface area contributed by atoms with E-state index >= 15 is 0 Å². The first-order valence-corrected chi connectivity index (χ1v) is 4.18. The van der Waals surface area contributed by atoms with Gasteiger partial charge in [-0.1, -0.05) is 11.8 Å². The Kier molecular flexibility index (Phi) is 1.94. The van der Waals surface area contributed by atoms with E-state index in [0.29, 0.717) is 0 Å². The molecular weight excluding hydrogens is 170 g/mol. The number of fused-ring (bicyclic) bond motifs is 1. The number of benzene rings is 1.